The number of rotatable bonds is 2. The van der Waals surface area contributed by atoms with Gasteiger partial charge < -0.3 is 0 Å². The summed E-state index contributed by atoms with van der Waals surface area (Å²) in [6, 6.07) is 0. The van der Waals surface area contributed by atoms with Gasteiger partial charge in [-0.05, 0) is 26.3 Å². The van der Waals surface area contributed by atoms with Gasteiger partial charge in [0.25, 0.3) is 0 Å². The molecule has 0 unspecified atom stereocenters. The molecule has 0 aromatic rings. The van der Waals surface area contributed by atoms with Gasteiger partial charge in [0.1, 0.15) is 6.29 Å². The van der Waals surface area contributed by atoms with Gasteiger partial charge in [-0.2, -0.15) is 0 Å². The molecule has 0 fully saturated rings. The number of allylic oxidation sites excluding steroid dienone is 4. The van der Waals surface area contributed by atoms with E-state index in [0.29, 0.717) is 0 Å². The normalized spacial score (nSPS) is 10.8. The molecule has 1 nitrogen and oxygen atoms in total. The van der Waals surface area contributed by atoms with E-state index in [9.17, 15) is 4.79 Å². The highest BCUT2D eigenvalue weighted by atomic mass is 16.1. The Labute approximate surface area is 56.1 Å². The van der Waals surface area contributed by atoms with E-state index in [1.165, 1.54) is 5.57 Å². The minimum absolute atomic E-state index is 0.760. The summed E-state index contributed by atoms with van der Waals surface area (Å²) in [5.41, 5.74) is 1.97. The van der Waals surface area contributed by atoms with Crippen LogP contribution in [0, 0.1) is 0 Å². The van der Waals surface area contributed by atoms with Crippen molar-refractivity contribution in [2.75, 3.05) is 0 Å². The number of hydrogen-bond acceptors (Lipinski definition) is 1. The van der Waals surface area contributed by atoms with Gasteiger partial charge in [-0.25, -0.2) is 0 Å². The van der Waals surface area contributed by atoms with Crippen LogP contribution in [-0.4, -0.2) is 6.29 Å². The third-order valence-electron chi connectivity index (χ3n) is 0.865. The first-order valence-corrected chi connectivity index (χ1v) is 2.94. The van der Waals surface area contributed by atoms with E-state index in [2.05, 4.69) is 0 Å². The van der Waals surface area contributed by atoms with E-state index in [1.807, 2.05) is 26.0 Å². The van der Waals surface area contributed by atoms with Crippen LogP contribution in [0.25, 0.3) is 0 Å². The van der Waals surface area contributed by atoms with Crippen molar-refractivity contribution in [3.63, 3.8) is 0 Å². The van der Waals surface area contributed by atoms with Crippen LogP contribution >= 0.6 is 0 Å². The summed E-state index contributed by atoms with van der Waals surface area (Å²) < 4.78 is 0. The van der Waals surface area contributed by atoms with Crippen LogP contribution in [-0.2, 0) is 4.79 Å². The van der Waals surface area contributed by atoms with E-state index < -0.39 is 0 Å². The third kappa shape index (κ3) is 5.01. The fourth-order valence-corrected chi connectivity index (χ4v) is 0.337. The quantitative estimate of drug-likeness (QED) is 0.313. The molecule has 0 bridgehead atoms. The fraction of sp³-hybridized carbons (Fsp3) is 0.375. The van der Waals surface area contributed by atoms with Gasteiger partial charge in [-0.3, -0.25) is 4.79 Å². The second kappa shape index (κ2) is 4.07. The van der Waals surface area contributed by atoms with Gasteiger partial charge in [0, 0.05) is 0 Å². The van der Waals surface area contributed by atoms with Crippen molar-refractivity contribution in [1.29, 1.82) is 0 Å². The molecule has 1 heteroatoms. The summed E-state index contributed by atoms with van der Waals surface area (Å²) in [6.45, 7) is 5.77. The lowest BCUT2D eigenvalue weighted by atomic mass is 10.2. The van der Waals surface area contributed by atoms with E-state index in [4.69, 9.17) is 0 Å². The second-order valence-electron chi connectivity index (χ2n) is 2.27. The van der Waals surface area contributed by atoms with Gasteiger partial charge in [0.15, 0.2) is 0 Å². The molecule has 0 saturated carbocycles. The highest BCUT2D eigenvalue weighted by Crippen LogP contribution is 1.92. The SMILES string of the molecule is CC(C)=C/C=C(/C)C=O. The Hall–Kier alpha value is -0.850. The Balaban J connectivity index is 3.98. The van der Waals surface area contributed by atoms with Crippen LogP contribution in [0.1, 0.15) is 20.8 Å². The number of hydrogen-bond donors (Lipinski definition) is 0. The van der Waals surface area contributed by atoms with Crippen LogP contribution in [0.5, 0.6) is 0 Å². The Morgan fingerprint density at radius 3 is 2.00 bits per heavy atom. The maximum Gasteiger partial charge on any atom is 0.145 e. The Bertz CT molecular complexity index is 148. The first-order valence-electron chi connectivity index (χ1n) is 2.94. The lowest BCUT2D eigenvalue weighted by Crippen LogP contribution is -1.72. The molecule has 0 heterocycles. The fourth-order valence-electron chi connectivity index (χ4n) is 0.337. The van der Waals surface area contributed by atoms with Gasteiger partial charge >= 0.3 is 0 Å². The zero-order chi connectivity index (χ0) is 7.28. The van der Waals surface area contributed by atoms with Crippen LogP contribution in [0.3, 0.4) is 0 Å². The molecule has 0 aromatic heterocycles. The van der Waals surface area contributed by atoms with E-state index in [1.54, 1.807) is 6.92 Å². The first kappa shape index (κ1) is 8.15. The zero-order valence-corrected chi connectivity index (χ0v) is 6.14. The van der Waals surface area contributed by atoms with Gasteiger partial charge in [-0.1, -0.05) is 17.7 Å². The largest absolute Gasteiger partial charge is 0.298 e. The zero-order valence-electron chi connectivity index (χ0n) is 6.14. The lowest BCUT2D eigenvalue weighted by molar-refractivity contribution is -0.104. The predicted octanol–water partition coefficient (Wildman–Crippen LogP) is 2.10. The van der Waals surface area contributed by atoms with Crippen molar-refractivity contribution in [2.24, 2.45) is 0 Å². The van der Waals surface area contributed by atoms with Gasteiger partial charge in [0.2, 0.25) is 0 Å². The van der Waals surface area contributed by atoms with Crippen molar-refractivity contribution in [1.82, 2.24) is 0 Å². The van der Waals surface area contributed by atoms with Crippen molar-refractivity contribution >= 4 is 6.29 Å². The van der Waals surface area contributed by atoms with Crippen LogP contribution in [0.4, 0.5) is 0 Å². The van der Waals surface area contributed by atoms with E-state index >= 15 is 0 Å². The van der Waals surface area contributed by atoms with Crippen molar-refractivity contribution in [3.05, 3.63) is 23.3 Å². The second-order valence-corrected chi connectivity index (χ2v) is 2.27. The minimum Gasteiger partial charge on any atom is -0.298 e. The van der Waals surface area contributed by atoms with Crippen molar-refractivity contribution in [2.45, 2.75) is 20.8 Å². The molecular formula is C8H12O. The molecule has 0 saturated heterocycles. The average molecular weight is 124 g/mol. The van der Waals surface area contributed by atoms with Gasteiger partial charge in [0.05, 0.1) is 0 Å². The number of aldehydes is 1. The Morgan fingerprint density at radius 1 is 1.11 bits per heavy atom. The summed E-state index contributed by atoms with van der Waals surface area (Å²) in [4.78, 5) is 10.0. The molecule has 50 valence electrons. The molecule has 0 atom stereocenters. The van der Waals surface area contributed by atoms with E-state index in [-0.39, 0.29) is 0 Å². The molecule has 0 radical (unpaired) electrons. The highest BCUT2D eigenvalue weighted by molar-refractivity contribution is 5.72. The summed E-state index contributed by atoms with van der Waals surface area (Å²) in [7, 11) is 0. The van der Waals surface area contributed by atoms with Crippen LogP contribution in [0.2, 0.25) is 0 Å². The topological polar surface area (TPSA) is 17.1 Å². The third-order valence-corrected chi connectivity index (χ3v) is 0.865. The Kier molecular flexibility index (Phi) is 3.69. The van der Waals surface area contributed by atoms with Crippen molar-refractivity contribution in [3.8, 4) is 0 Å². The van der Waals surface area contributed by atoms with E-state index in [0.717, 1.165) is 11.9 Å². The summed E-state index contributed by atoms with van der Waals surface area (Å²) in [6.07, 6.45) is 4.57. The molecule has 0 aromatic carbocycles. The van der Waals surface area contributed by atoms with Crippen LogP contribution < -0.4 is 0 Å². The molecule has 0 aliphatic heterocycles. The molecule has 0 aliphatic carbocycles. The summed E-state index contributed by atoms with van der Waals surface area (Å²) in [5.74, 6) is 0. The monoisotopic (exact) mass is 124 g/mol. The Morgan fingerprint density at radius 2 is 1.67 bits per heavy atom. The van der Waals surface area contributed by atoms with Crippen LogP contribution in [0.15, 0.2) is 23.3 Å². The highest BCUT2D eigenvalue weighted by Gasteiger charge is 1.78. The smallest absolute Gasteiger partial charge is 0.145 e. The first-order chi connectivity index (χ1) is 4.16. The molecule has 0 rings (SSSR count). The average Bonchev–Trinajstić information content (AvgIpc) is 1.83. The maximum atomic E-state index is 10.0. The number of carbonyl (C=O) groups excluding carboxylic acids is 1. The lowest BCUT2D eigenvalue weighted by Gasteiger charge is -1.83. The molecule has 0 N–H and O–H groups in total. The summed E-state index contributed by atoms with van der Waals surface area (Å²) in [5, 5.41) is 0. The molecular weight excluding hydrogens is 112 g/mol. The molecule has 0 amide bonds. The number of carbonyl (C=O) groups is 1. The molecule has 0 spiro atoms. The summed E-state index contributed by atoms with van der Waals surface area (Å²) >= 11 is 0. The maximum absolute atomic E-state index is 10.0. The molecule has 0 aliphatic rings. The standard InChI is InChI=1S/C8H12O/c1-7(2)4-5-8(3)6-9/h4-6H,1-3H3/b8-5-. The molecule has 9 heavy (non-hydrogen) atoms. The predicted molar refractivity (Wildman–Crippen MR) is 39.3 cm³/mol. The van der Waals surface area contributed by atoms with Gasteiger partial charge in [-0.15, -0.1) is 0 Å². The minimum atomic E-state index is 0.760. The van der Waals surface area contributed by atoms with Crippen molar-refractivity contribution < 1.29 is 4.79 Å².